The number of para-hydroxylation sites is 1. The van der Waals surface area contributed by atoms with E-state index in [-0.39, 0.29) is 22.5 Å². The van der Waals surface area contributed by atoms with Crippen molar-refractivity contribution in [3.05, 3.63) is 36.0 Å². The van der Waals surface area contributed by atoms with Gasteiger partial charge in [-0.2, -0.15) is 5.10 Å². The Morgan fingerprint density at radius 1 is 1.26 bits per heavy atom. The van der Waals surface area contributed by atoms with Crippen LogP contribution in [0.3, 0.4) is 0 Å². The molecule has 2 aliphatic carbocycles. The first-order chi connectivity index (χ1) is 12.7. The van der Waals surface area contributed by atoms with Crippen LogP contribution in [0.4, 0.5) is 0 Å². The molecule has 6 heteroatoms. The first-order valence-corrected chi connectivity index (χ1v) is 9.32. The van der Waals surface area contributed by atoms with E-state index in [1.165, 1.54) is 6.21 Å². The average molecular weight is 367 g/mol. The van der Waals surface area contributed by atoms with Gasteiger partial charge in [0.1, 0.15) is 11.3 Å². The minimum atomic E-state index is -0.604. The summed E-state index contributed by atoms with van der Waals surface area (Å²) in [5.74, 6) is -0.0368. The summed E-state index contributed by atoms with van der Waals surface area (Å²) in [5, 5.41) is 25.4. The van der Waals surface area contributed by atoms with E-state index in [0.29, 0.717) is 17.6 Å². The zero-order chi connectivity index (χ0) is 19.4. The monoisotopic (exact) mass is 367 g/mol. The number of carbonyl (C=O) groups excluding carboxylic acids is 1. The molecule has 0 radical (unpaired) electrons. The normalized spacial score (nSPS) is 31.6. The number of rotatable bonds is 3. The molecule has 2 bridgehead atoms. The predicted molar refractivity (Wildman–Crippen MR) is 103 cm³/mol. The molecule has 1 aromatic heterocycles. The van der Waals surface area contributed by atoms with Gasteiger partial charge in [0.15, 0.2) is 0 Å². The Balaban J connectivity index is 1.54. The topological polar surface area (TPSA) is 94.8 Å². The number of carbonyl (C=O) groups is 1. The second-order valence-electron chi connectivity index (χ2n) is 8.63. The van der Waals surface area contributed by atoms with E-state index in [1.807, 2.05) is 12.1 Å². The van der Waals surface area contributed by atoms with Crippen LogP contribution >= 0.6 is 0 Å². The number of hydrogen-bond acceptors (Lipinski definition) is 5. The number of nitrogens with one attached hydrogen (secondary N) is 1. The first kappa shape index (κ1) is 17.9. The Kier molecular flexibility index (Phi) is 3.82. The highest BCUT2D eigenvalue weighted by Crippen LogP contribution is 2.72. The number of phenols is 1. The number of phenolic OH excluding ortho intramolecular Hbond substituents is 1. The molecule has 1 heterocycles. The average Bonchev–Trinajstić information content (AvgIpc) is 2.93. The van der Waals surface area contributed by atoms with Crippen molar-refractivity contribution in [3.63, 3.8) is 0 Å². The molecular formula is C21H25N3O3. The lowest BCUT2D eigenvalue weighted by atomic mass is 9.64. The molecule has 1 aromatic carbocycles. The summed E-state index contributed by atoms with van der Waals surface area (Å²) < 4.78 is 0. The van der Waals surface area contributed by atoms with Crippen molar-refractivity contribution in [2.75, 3.05) is 0 Å². The number of aliphatic hydroxyl groups is 1. The second-order valence-corrected chi connectivity index (χ2v) is 8.63. The van der Waals surface area contributed by atoms with Gasteiger partial charge in [0.25, 0.3) is 0 Å². The van der Waals surface area contributed by atoms with E-state index >= 15 is 0 Å². The minimum Gasteiger partial charge on any atom is -0.506 e. The maximum Gasteiger partial charge on any atom is 0.246 e. The van der Waals surface area contributed by atoms with Crippen LogP contribution in [0.1, 0.15) is 45.7 Å². The second kappa shape index (κ2) is 5.76. The van der Waals surface area contributed by atoms with Crippen LogP contribution in [0.25, 0.3) is 10.9 Å². The van der Waals surface area contributed by atoms with Gasteiger partial charge in [-0.1, -0.05) is 39.0 Å². The maximum absolute atomic E-state index is 13.0. The van der Waals surface area contributed by atoms with E-state index in [1.54, 1.807) is 18.2 Å². The number of aromatic nitrogens is 1. The number of benzene rings is 1. The molecule has 6 nitrogen and oxygen atoms in total. The number of fused-ring (bicyclic) bond motifs is 3. The lowest BCUT2D eigenvalue weighted by Crippen LogP contribution is -2.45. The van der Waals surface area contributed by atoms with Gasteiger partial charge >= 0.3 is 0 Å². The largest absolute Gasteiger partial charge is 0.506 e. The Morgan fingerprint density at radius 3 is 2.70 bits per heavy atom. The first-order valence-electron chi connectivity index (χ1n) is 9.32. The summed E-state index contributed by atoms with van der Waals surface area (Å²) in [6.45, 7) is 6.23. The molecule has 2 saturated carbocycles. The Morgan fingerprint density at radius 2 is 2.04 bits per heavy atom. The van der Waals surface area contributed by atoms with E-state index in [0.717, 1.165) is 18.2 Å². The van der Waals surface area contributed by atoms with Gasteiger partial charge in [-0.3, -0.25) is 4.79 Å². The highest BCUT2D eigenvalue weighted by Gasteiger charge is 2.72. The van der Waals surface area contributed by atoms with Crippen molar-refractivity contribution in [3.8, 4) is 5.75 Å². The van der Waals surface area contributed by atoms with Crippen LogP contribution in [-0.2, 0) is 4.79 Å². The molecule has 142 valence electrons. The van der Waals surface area contributed by atoms with E-state index < -0.39 is 11.5 Å². The SMILES string of the molecule is CC12CCC(C(=O)N/N=C/c3ccc4cccc(O)c4n3)(CC1O)C2(C)C. The Bertz CT molecular complexity index is 955. The number of nitrogens with zero attached hydrogens (tertiary/aromatic N) is 2. The summed E-state index contributed by atoms with van der Waals surface area (Å²) in [4.78, 5) is 17.4. The summed E-state index contributed by atoms with van der Waals surface area (Å²) >= 11 is 0. The van der Waals surface area contributed by atoms with Gasteiger partial charge < -0.3 is 10.2 Å². The van der Waals surface area contributed by atoms with Crippen LogP contribution in [0, 0.1) is 16.2 Å². The molecule has 3 unspecified atom stereocenters. The molecule has 4 rings (SSSR count). The summed E-state index contributed by atoms with van der Waals surface area (Å²) in [7, 11) is 0. The van der Waals surface area contributed by atoms with Crippen LogP contribution < -0.4 is 5.43 Å². The van der Waals surface area contributed by atoms with Crippen molar-refractivity contribution >= 4 is 23.0 Å². The Hall–Kier alpha value is -2.47. The van der Waals surface area contributed by atoms with Gasteiger partial charge in [0.2, 0.25) is 5.91 Å². The van der Waals surface area contributed by atoms with Crippen molar-refractivity contribution in [2.24, 2.45) is 21.3 Å². The number of aromatic hydroxyl groups is 1. The number of pyridine rings is 1. The van der Waals surface area contributed by atoms with Gasteiger partial charge in [0, 0.05) is 5.39 Å². The fraction of sp³-hybridized carbons (Fsp3) is 0.476. The third-order valence-electron chi connectivity index (χ3n) is 7.49. The molecule has 2 aliphatic rings. The summed E-state index contributed by atoms with van der Waals surface area (Å²) in [6, 6.07) is 8.85. The molecule has 3 N–H and O–H groups in total. The van der Waals surface area contributed by atoms with Crippen molar-refractivity contribution in [1.29, 1.82) is 0 Å². The molecule has 2 aromatic rings. The predicted octanol–water partition coefficient (Wildman–Crippen LogP) is 2.97. The number of hydrazone groups is 1. The number of aliphatic hydroxyl groups excluding tert-OH is 1. The van der Waals surface area contributed by atoms with Crippen LogP contribution in [0.5, 0.6) is 5.75 Å². The van der Waals surface area contributed by atoms with Gasteiger partial charge in [-0.25, -0.2) is 10.4 Å². The van der Waals surface area contributed by atoms with E-state index in [2.05, 4.69) is 36.3 Å². The zero-order valence-corrected chi connectivity index (χ0v) is 15.9. The van der Waals surface area contributed by atoms with E-state index in [9.17, 15) is 15.0 Å². The lowest BCUT2D eigenvalue weighted by molar-refractivity contribution is -0.136. The highest BCUT2D eigenvalue weighted by atomic mass is 16.3. The summed E-state index contributed by atoms with van der Waals surface area (Å²) in [6.07, 6.45) is 3.08. The quantitative estimate of drug-likeness (QED) is 0.574. The summed E-state index contributed by atoms with van der Waals surface area (Å²) in [5.41, 5.74) is 2.56. The zero-order valence-electron chi connectivity index (χ0n) is 15.9. The molecule has 0 aliphatic heterocycles. The standard InChI is InChI=1S/C21H25N3O3/c1-19(2)20(3)9-10-21(19,11-16(20)26)18(27)24-22-12-14-8-7-13-5-4-6-15(25)17(13)23-14/h4-8,12,16,25-26H,9-11H2,1-3H3,(H,24,27)/b22-12+. The number of hydrogen-bond donors (Lipinski definition) is 3. The number of amides is 1. The fourth-order valence-corrected chi connectivity index (χ4v) is 5.11. The smallest absolute Gasteiger partial charge is 0.246 e. The third kappa shape index (κ3) is 2.32. The lowest BCUT2D eigenvalue weighted by Gasteiger charge is -2.39. The minimum absolute atomic E-state index is 0.109. The van der Waals surface area contributed by atoms with Crippen LogP contribution in [0.15, 0.2) is 35.4 Å². The molecule has 3 atom stereocenters. The highest BCUT2D eigenvalue weighted by molar-refractivity contribution is 5.90. The van der Waals surface area contributed by atoms with Gasteiger partial charge in [-0.05, 0) is 42.2 Å². The molecule has 1 amide bonds. The maximum atomic E-state index is 13.0. The van der Waals surface area contributed by atoms with Crippen molar-refractivity contribution in [1.82, 2.24) is 10.4 Å². The molecule has 2 fully saturated rings. The molecule has 0 saturated heterocycles. The fourth-order valence-electron chi connectivity index (χ4n) is 5.11. The molecular weight excluding hydrogens is 342 g/mol. The Labute approximate surface area is 158 Å². The van der Waals surface area contributed by atoms with Crippen molar-refractivity contribution < 1.29 is 15.0 Å². The van der Waals surface area contributed by atoms with Gasteiger partial charge in [0.05, 0.1) is 23.4 Å². The molecule has 27 heavy (non-hydrogen) atoms. The van der Waals surface area contributed by atoms with Crippen LogP contribution in [0.2, 0.25) is 0 Å². The van der Waals surface area contributed by atoms with Gasteiger partial charge in [-0.15, -0.1) is 0 Å². The molecule has 0 spiro atoms. The van der Waals surface area contributed by atoms with E-state index in [4.69, 9.17) is 0 Å². The van der Waals surface area contributed by atoms with Crippen molar-refractivity contribution in [2.45, 2.75) is 46.1 Å². The third-order valence-corrected chi connectivity index (χ3v) is 7.49. The van der Waals surface area contributed by atoms with Crippen LogP contribution in [-0.4, -0.2) is 33.4 Å².